The molecule has 4 heteroatoms. The van der Waals surface area contributed by atoms with Crippen LogP contribution in [0.4, 0.5) is 0 Å². The lowest BCUT2D eigenvalue weighted by Crippen LogP contribution is -2.39. The first kappa shape index (κ1) is 17.3. The SMILES string of the molecule is CCCCCc1n(CC(C)C(=O)[O-])cc[n+]1Cc1ccccc1. The Labute approximate surface area is 138 Å². The Balaban J connectivity index is 2.19. The Morgan fingerprint density at radius 3 is 2.65 bits per heavy atom. The molecule has 2 rings (SSSR count). The molecule has 23 heavy (non-hydrogen) atoms. The molecule has 4 nitrogen and oxygen atoms in total. The van der Waals surface area contributed by atoms with Gasteiger partial charge in [0.1, 0.15) is 18.9 Å². The highest BCUT2D eigenvalue weighted by Crippen LogP contribution is 2.09. The van der Waals surface area contributed by atoms with E-state index >= 15 is 0 Å². The zero-order valence-corrected chi connectivity index (χ0v) is 14.1. The van der Waals surface area contributed by atoms with Gasteiger partial charge in [-0.15, -0.1) is 0 Å². The molecule has 0 radical (unpaired) electrons. The van der Waals surface area contributed by atoms with Gasteiger partial charge in [0.2, 0.25) is 0 Å². The Bertz CT molecular complexity index is 620. The fraction of sp³-hybridized carbons (Fsp3) is 0.474. The van der Waals surface area contributed by atoms with Crippen molar-refractivity contribution in [3.63, 3.8) is 0 Å². The number of nitrogens with zero attached hydrogens (tertiary/aromatic N) is 2. The first-order valence-corrected chi connectivity index (χ1v) is 8.44. The third kappa shape index (κ3) is 4.95. The molecule has 0 aliphatic carbocycles. The standard InChI is InChI=1S/C19H26N2O2/c1-3-4-6-11-18-20(14-16(2)19(22)23)12-13-21(18)15-17-9-7-5-8-10-17/h5,7-10,12-13,16H,3-4,6,11,14-15H2,1-2H3. The summed E-state index contributed by atoms with van der Waals surface area (Å²) in [6.07, 6.45) is 8.49. The summed E-state index contributed by atoms with van der Waals surface area (Å²) < 4.78 is 4.30. The van der Waals surface area contributed by atoms with Crippen LogP contribution in [0.1, 0.15) is 44.5 Å². The summed E-state index contributed by atoms with van der Waals surface area (Å²) in [7, 11) is 0. The summed E-state index contributed by atoms with van der Waals surface area (Å²) in [6, 6.07) is 10.3. The van der Waals surface area contributed by atoms with Gasteiger partial charge in [-0.25, -0.2) is 9.13 Å². The highest BCUT2D eigenvalue weighted by molar-refractivity contribution is 5.66. The Hall–Kier alpha value is -2.10. The molecule has 0 fully saturated rings. The van der Waals surface area contributed by atoms with Gasteiger partial charge < -0.3 is 9.90 Å². The third-order valence-electron chi connectivity index (χ3n) is 4.16. The minimum Gasteiger partial charge on any atom is -0.550 e. The number of rotatable bonds is 9. The fourth-order valence-corrected chi connectivity index (χ4v) is 2.78. The average molecular weight is 314 g/mol. The molecule has 1 atom stereocenters. The molecule has 0 saturated heterocycles. The minimum atomic E-state index is -0.993. The third-order valence-corrected chi connectivity index (χ3v) is 4.16. The molecule has 2 aromatic rings. The largest absolute Gasteiger partial charge is 0.550 e. The molecule has 1 aromatic carbocycles. The van der Waals surface area contributed by atoms with Gasteiger partial charge in [0, 0.05) is 18.3 Å². The lowest BCUT2D eigenvalue weighted by atomic mass is 10.1. The normalized spacial score (nSPS) is 12.3. The van der Waals surface area contributed by atoms with E-state index in [1.165, 1.54) is 24.2 Å². The van der Waals surface area contributed by atoms with Crippen molar-refractivity contribution in [2.24, 2.45) is 5.92 Å². The molecule has 1 unspecified atom stereocenters. The number of hydrogen-bond donors (Lipinski definition) is 0. The number of benzene rings is 1. The van der Waals surface area contributed by atoms with Crippen molar-refractivity contribution in [3.05, 3.63) is 54.1 Å². The van der Waals surface area contributed by atoms with Gasteiger partial charge in [0.25, 0.3) is 5.82 Å². The molecule has 124 valence electrons. The number of imidazole rings is 1. The minimum absolute atomic E-state index is 0.464. The first-order valence-electron chi connectivity index (χ1n) is 8.44. The van der Waals surface area contributed by atoms with Crippen LogP contribution in [0, 0.1) is 5.92 Å². The molecule has 0 spiro atoms. The summed E-state index contributed by atoms with van der Waals surface area (Å²) in [6.45, 7) is 5.17. The highest BCUT2D eigenvalue weighted by atomic mass is 16.4. The second-order valence-corrected chi connectivity index (χ2v) is 6.16. The van der Waals surface area contributed by atoms with E-state index in [1.54, 1.807) is 6.92 Å². The number of carbonyl (C=O) groups is 1. The van der Waals surface area contributed by atoms with E-state index in [0.717, 1.165) is 19.4 Å². The van der Waals surface area contributed by atoms with E-state index in [2.05, 4.69) is 34.4 Å². The Morgan fingerprint density at radius 1 is 1.26 bits per heavy atom. The summed E-state index contributed by atoms with van der Waals surface area (Å²) >= 11 is 0. The number of carboxylic acid groups (broad SMARTS) is 1. The summed E-state index contributed by atoms with van der Waals surface area (Å²) in [5.41, 5.74) is 1.25. The molecule has 0 N–H and O–H groups in total. The van der Waals surface area contributed by atoms with Crippen molar-refractivity contribution in [1.29, 1.82) is 0 Å². The van der Waals surface area contributed by atoms with E-state index in [0.29, 0.717) is 6.54 Å². The Morgan fingerprint density at radius 2 is 2.00 bits per heavy atom. The second-order valence-electron chi connectivity index (χ2n) is 6.16. The van der Waals surface area contributed by atoms with Crippen LogP contribution in [0.3, 0.4) is 0 Å². The van der Waals surface area contributed by atoms with Crippen molar-refractivity contribution in [2.45, 2.75) is 52.6 Å². The van der Waals surface area contributed by atoms with Crippen LogP contribution >= 0.6 is 0 Å². The predicted molar refractivity (Wildman–Crippen MR) is 87.6 cm³/mol. The van der Waals surface area contributed by atoms with Gasteiger partial charge >= 0.3 is 0 Å². The number of carboxylic acids is 1. The van der Waals surface area contributed by atoms with Crippen molar-refractivity contribution in [1.82, 2.24) is 4.57 Å². The van der Waals surface area contributed by atoms with Crippen molar-refractivity contribution >= 4 is 5.97 Å². The maximum Gasteiger partial charge on any atom is 0.256 e. The summed E-state index contributed by atoms with van der Waals surface area (Å²) in [5.74, 6) is -0.291. The molecule has 0 aliphatic rings. The fourth-order valence-electron chi connectivity index (χ4n) is 2.78. The number of hydrogen-bond acceptors (Lipinski definition) is 2. The van der Waals surface area contributed by atoms with Crippen LogP contribution in [-0.2, 0) is 24.3 Å². The number of aromatic nitrogens is 2. The van der Waals surface area contributed by atoms with Crippen LogP contribution in [-0.4, -0.2) is 10.5 Å². The quantitative estimate of drug-likeness (QED) is 0.524. The lowest BCUT2D eigenvalue weighted by molar-refractivity contribution is -0.695. The van der Waals surface area contributed by atoms with Crippen LogP contribution in [0.15, 0.2) is 42.7 Å². The van der Waals surface area contributed by atoms with Crippen LogP contribution in [0.25, 0.3) is 0 Å². The summed E-state index contributed by atoms with van der Waals surface area (Å²) in [5, 5.41) is 11.0. The van der Waals surface area contributed by atoms with Crippen LogP contribution in [0.5, 0.6) is 0 Å². The lowest BCUT2D eigenvalue weighted by Gasteiger charge is -2.12. The molecular weight excluding hydrogens is 288 g/mol. The van der Waals surface area contributed by atoms with Crippen molar-refractivity contribution in [2.75, 3.05) is 0 Å². The maximum atomic E-state index is 11.0. The number of unbranched alkanes of at least 4 members (excludes halogenated alkanes) is 2. The van der Waals surface area contributed by atoms with Gasteiger partial charge in [-0.1, -0.05) is 57.0 Å². The first-order chi connectivity index (χ1) is 11.1. The Kier molecular flexibility index (Phi) is 6.39. The summed E-state index contributed by atoms with van der Waals surface area (Å²) in [4.78, 5) is 11.0. The highest BCUT2D eigenvalue weighted by Gasteiger charge is 2.19. The van der Waals surface area contributed by atoms with Gasteiger partial charge in [0.05, 0.1) is 6.54 Å². The molecule has 1 heterocycles. The van der Waals surface area contributed by atoms with Gasteiger partial charge in [-0.2, -0.15) is 0 Å². The molecule has 0 bridgehead atoms. The van der Waals surface area contributed by atoms with Crippen LogP contribution < -0.4 is 9.67 Å². The van der Waals surface area contributed by atoms with Crippen molar-refractivity contribution in [3.8, 4) is 0 Å². The smallest absolute Gasteiger partial charge is 0.256 e. The van der Waals surface area contributed by atoms with Crippen molar-refractivity contribution < 1.29 is 14.5 Å². The number of carbonyl (C=O) groups excluding carboxylic acids is 1. The van der Waals surface area contributed by atoms with E-state index in [-0.39, 0.29) is 0 Å². The van der Waals surface area contributed by atoms with Gasteiger partial charge in [-0.05, 0) is 12.0 Å². The molecular formula is C19H26N2O2. The molecule has 0 amide bonds. The van der Waals surface area contributed by atoms with Gasteiger partial charge in [0.15, 0.2) is 0 Å². The van der Waals surface area contributed by atoms with Gasteiger partial charge in [-0.3, -0.25) is 0 Å². The maximum absolute atomic E-state index is 11.0. The van der Waals surface area contributed by atoms with E-state index in [1.807, 2.05) is 24.4 Å². The predicted octanol–water partition coefficient (Wildman–Crippen LogP) is 1.94. The molecule has 1 aromatic heterocycles. The topological polar surface area (TPSA) is 48.9 Å². The molecule has 0 saturated carbocycles. The number of aliphatic carboxylic acids is 1. The van der Waals surface area contributed by atoms with E-state index in [9.17, 15) is 9.90 Å². The second kappa shape index (κ2) is 8.51. The molecule has 0 aliphatic heterocycles. The zero-order chi connectivity index (χ0) is 16.7. The van der Waals surface area contributed by atoms with Crippen LogP contribution in [0.2, 0.25) is 0 Å². The average Bonchev–Trinajstić information content (AvgIpc) is 2.90. The van der Waals surface area contributed by atoms with E-state index in [4.69, 9.17) is 0 Å². The monoisotopic (exact) mass is 314 g/mol. The zero-order valence-electron chi connectivity index (χ0n) is 14.1. The van der Waals surface area contributed by atoms with E-state index < -0.39 is 11.9 Å².